The van der Waals surface area contributed by atoms with Crippen molar-refractivity contribution in [3.8, 4) is 18.0 Å². The average Bonchev–Trinajstić information content (AvgIpc) is 1.98. The van der Waals surface area contributed by atoms with E-state index in [1.807, 2.05) is 12.1 Å². The van der Waals surface area contributed by atoms with E-state index in [0.717, 1.165) is 150 Å². The fraction of sp³-hybridized carbons (Fsp3) is 0.635. The number of Topliss-reactive ketones (excluding diaryl/α,β-unsaturated/α-hetero) is 2. The van der Waals surface area contributed by atoms with Gasteiger partial charge in [-0.3, -0.25) is 14.5 Å². The summed E-state index contributed by atoms with van der Waals surface area (Å²) in [6.07, 6.45) is 16.3. The molecule has 4 aliphatic heterocycles. The van der Waals surface area contributed by atoms with Crippen LogP contribution < -0.4 is 58.6 Å². The maximum atomic E-state index is 15.3. The van der Waals surface area contributed by atoms with Crippen LogP contribution >= 0.6 is 22.7 Å². The minimum absolute atomic E-state index is 0.00199. The Bertz CT molecular complexity index is 3380. The summed E-state index contributed by atoms with van der Waals surface area (Å²) in [5.41, 5.74) is 39.6. The smallest absolute Gasteiger partial charge is 0.319 e. The van der Waals surface area contributed by atoms with Gasteiger partial charge in [0.15, 0.2) is 0 Å². The second kappa shape index (κ2) is 22.9. The number of piperazine rings is 2. The number of nitrogens with one attached hydrogen (secondary N) is 2. The van der Waals surface area contributed by atoms with Crippen LogP contribution in [0.4, 0.5) is 27.3 Å². The number of allylic oxidation sites excluding steroid dienone is 4. The number of anilines is 5. The fourth-order valence-corrected chi connectivity index (χ4v) is 18.6. The van der Waals surface area contributed by atoms with Crippen molar-refractivity contribution in [1.82, 2.24) is 40.4 Å². The number of likely N-dealkylation sites (N-methyl/N-ethyl adjacent to an activating group) is 2. The van der Waals surface area contributed by atoms with E-state index in [1.54, 1.807) is 0 Å². The van der Waals surface area contributed by atoms with E-state index in [-0.39, 0.29) is 76.2 Å². The van der Waals surface area contributed by atoms with Gasteiger partial charge in [0, 0.05) is 129 Å². The van der Waals surface area contributed by atoms with Gasteiger partial charge in [-0.2, -0.15) is 20.2 Å². The first-order chi connectivity index (χ1) is 41.0. The zero-order valence-electron chi connectivity index (χ0n) is 50.1. The highest BCUT2D eigenvalue weighted by Gasteiger charge is 2.51. The van der Waals surface area contributed by atoms with Gasteiger partial charge in [-0.1, -0.05) is 13.3 Å². The summed E-state index contributed by atoms with van der Waals surface area (Å²) in [6, 6.07) is 6.75. The maximum absolute atomic E-state index is 15.3. The number of aromatic nitrogens is 4. The second-order valence-corrected chi connectivity index (χ2v) is 28.7. The number of aryl methyl sites for hydroxylation is 1. The van der Waals surface area contributed by atoms with Gasteiger partial charge < -0.3 is 63.5 Å². The van der Waals surface area contributed by atoms with Crippen molar-refractivity contribution in [3.63, 3.8) is 0 Å². The summed E-state index contributed by atoms with van der Waals surface area (Å²) in [6.45, 7) is 10.3. The molecule has 454 valence electrons. The first-order valence-corrected chi connectivity index (χ1v) is 33.2. The van der Waals surface area contributed by atoms with Crippen LogP contribution in [0.25, 0.3) is 0 Å². The third-order valence-electron chi connectivity index (χ3n) is 21.1. The van der Waals surface area contributed by atoms with E-state index in [9.17, 15) is 5.26 Å². The minimum Gasteiger partial charge on any atom is -0.476 e. The number of nitrogens with zero attached hydrogens (tertiary/aromatic N) is 9. The number of nitrogens with two attached hydrogens (primary N) is 5. The highest BCUT2D eigenvalue weighted by Crippen LogP contribution is 2.55. The van der Waals surface area contributed by atoms with Crippen molar-refractivity contribution in [2.45, 2.75) is 188 Å². The molecule has 6 fully saturated rings. The van der Waals surface area contributed by atoms with E-state index >= 15 is 9.59 Å². The van der Waals surface area contributed by atoms with Crippen molar-refractivity contribution in [1.29, 1.82) is 5.26 Å². The molecule has 0 aromatic carbocycles. The Kier molecular flexibility index (Phi) is 15.6. The molecule has 8 heterocycles. The van der Waals surface area contributed by atoms with Crippen molar-refractivity contribution in [2.24, 2.45) is 11.5 Å². The summed E-state index contributed by atoms with van der Waals surface area (Å²) in [5, 5.41) is 19.3. The van der Waals surface area contributed by atoms with Gasteiger partial charge in [0.25, 0.3) is 0 Å². The summed E-state index contributed by atoms with van der Waals surface area (Å²) in [4.78, 5) is 62.1. The number of nitriles is 1. The van der Waals surface area contributed by atoms with E-state index in [1.165, 1.54) is 22.7 Å². The van der Waals surface area contributed by atoms with Crippen molar-refractivity contribution in [3.05, 3.63) is 72.6 Å². The Morgan fingerprint density at radius 3 is 2.33 bits per heavy atom. The number of hydrogen-bond acceptors (Lipinski definition) is 22. The fourth-order valence-electron chi connectivity index (χ4n) is 16.2. The van der Waals surface area contributed by atoms with Gasteiger partial charge >= 0.3 is 6.01 Å². The van der Waals surface area contributed by atoms with Gasteiger partial charge in [0.05, 0.1) is 11.3 Å². The van der Waals surface area contributed by atoms with Crippen molar-refractivity contribution in [2.75, 3.05) is 93.5 Å². The molecule has 4 saturated heterocycles. The molecule has 4 aromatic rings. The van der Waals surface area contributed by atoms with Gasteiger partial charge in [0.1, 0.15) is 46.1 Å². The summed E-state index contributed by atoms with van der Waals surface area (Å²) in [5.74, 6) is 0.877. The second-order valence-electron chi connectivity index (χ2n) is 26.4. The van der Waals surface area contributed by atoms with Crippen molar-refractivity contribution >= 4 is 61.6 Å². The van der Waals surface area contributed by atoms with Crippen LogP contribution in [0.5, 0.6) is 11.9 Å². The highest BCUT2D eigenvalue weighted by atomic mass is 32.1. The molecule has 0 bridgehead atoms. The monoisotopic (exact) mass is 1190 g/mol. The molecule has 12 N–H and O–H groups in total. The molecule has 2 saturated carbocycles. The lowest BCUT2D eigenvalue weighted by molar-refractivity contribution is 0.0999. The summed E-state index contributed by atoms with van der Waals surface area (Å²) in [7, 11) is 4.26. The van der Waals surface area contributed by atoms with Crippen LogP contribution in [-0.4, -0.2) is 143 Å². The number of ether oxygens (including phenoxy) is 2. The van der Waals surface area contributed by atoms with Crippen LogP contribution in [0, 0.1) is 11.3 Å². The van der Waals surface area contributed by atoms with Gasteiger partial charge in [-0.05, 0) is 155 Å². The van der Waals surface area contributed by atoms with Crippen LogP contribution in [0.3, 0.4) is 0 Å². The lowest BCUT2D eigenvalue weighted by atomic mass is 9.62. The zero-order valence-corrected chi connectivity index (χ0v) is 51.7. The van der Waals surface area contributed by atoms with Crippen LogP contribution in [0.1, 0.15) is 189 Å². The molecule has 2 unspecified atom stereocenters. The third-order valence-corrected chi connectivity index (χ3v) is 23.4. The Morgan fingerprint density at radius 1 is 0.847 bits per heavy atom. The Morgan fingerprint density at radius 2 is 1.61 bits per heavy atom. The van der Waals surface area contributed by atoms with E-state index in [2.05, 4.69) is 64.2 Å². The first-order valence-electron chi connectivity index (χ1n) is 31.6. The molecular weight excluding hydrogens is 1110 g/mol. The van der Waals surface area contributed by atoms with Gasteiger partial charge in [-0.25, -0.2) is 4.98 Å². The normalized spacial score (nSPS) is 27.8. The number of thiophene rings is 2. The largest absolute Gasteiger partial charge is 0.476 e. The number of likely N-dealkylation sites (tertiary alicyclic amines) is 2. The molecule has 9 aliphatic rings. The topological polar surface area (TPSA) is 295 Å². The van der Waals surface area contributed by atoms with Crippen LogP contribution in [0.15, 0.2) is 34.7 Å². The van der Waals surface area contributed by atoms with E-state index in [0.29, 0.717) is 107 Å². The quantitative estimate of drug-likeness (QED) is 0.0425. The van der Waals surface area contributed by atoms with Crippen LogP contribution in [0.2, 0.25) is 0 Å². The van der Waals surface area contributed by atoms with E-state index in [4.69, 9.17) is 58.1 Å². The molecule has 20 nitrogen and oxygen atoms in total. The maximum Gasteiger partial charge on any atom is 0.319 e. The summed E-state index contributed by atoms with van der Waals surface area (Å²) >= 11 is 3.01. The number of ketones is 2. The number of carbonyl (C=O) groups is 2. The summed E-state index contributed by atoms with van der Waals surface area (Å²) < 4.78 is 13.2. The molecule has 4 aromatic heterocycles. The number of hydrogen-bond donors (Lipinski definition) is 7. The number of rotatable bonds is 16. The molecule has 0 amide bonds. The molecular formula is C63H86N16O4S2. The SMILES string of the molecule is CCC/C(C(=O)c1cc(N2CCNC3(CC3)C2)nc(O[C@@H](C)[C@@H]2CCCN2C)n1)=C(/N)[C@H]1CCC(C2CN(c3cc(OC[C@@H]4CCCN4C)nc(C(=O)C4=C(N)[C@@]5(CCC4)CCCc4sc(N)c(C#N)c45)n3)CC3(CCC3)N2)c2sc(N)c(N)c21. The predicted molar refractivity (Wildman–Crippen MR) is 335 cm³/mol. The van der Waals surface area contributed by atoms with Crippen LogP contribution in [-0.2, 0) is 11.8 Å². The standard InChI is InChI=1S/C63H86N16O4S2/c1-5-11-39(53(80)42-28-46(78-27-24-70-61(33-78)22-23-61)73-60(71-42)83-35(2)44-14-9-26-77(44)4)51(65)38-17-16-37(55-49(38)52(66)58(69)85-55)43-31-79(34-62(75-43)18-10-19-62)47-29-48(82-32-36-12-8-25-76(36)3)74-59(72-47)54(81)40-13-6-20-63(56(40)67)21-7-15-45-50(63)41(30-64)57(68)84-45/h28-29,35-38,43-44,70,75H,5-27,31-34,65-69H2,1-4H3/b51-39-/t35-,36-,37?,38-,43?,44-,63-/m0/s1. The lowest BCUT2D eigenvalue weighted by Crippen LogP contribution is -2.69. The molecule has 7 atom stereocenters. The Labute approximate surface area is 507 Å². The predicted octanol–water partition coefficient (Wildman–Crippen LogP) is 7.40. The third kappa shape index (κ3) is 10.6. The molecule has 0 radical (unpaired) electrons. The number of fused-ring (bicyclic) bond motifs is 3. The minimum atomic E-state index is -0.655. The number of nitrogen functional groups attached to an aromatic ring is 3. The Hall–Kier alpha value is -6.09. The van der Waals surface area contributed by atoms with E-state index < -0.39 is 5.41 Å². The Balaban J connectivity index is 0.823. The molecule has 85 heavy (non-hydrogen) atoms. The molecule has 13 rings (SSSR count). The highest BCUT2D eigenvalue weighted by molar-refractivity contribution is 7.17. The number of carbonyl (C=O) groups excluding carboxylic acids is 2. The molecule has 22 heteroatoms. The average molecular weight is 1200 g/mol. The molecule has 3 spiro atoms. The zero-order chi connectivity index (χ0) is 59.1. The molecule has 5 aliphatic carbocycles. The van der Waals surface area contributed by atoms with Gasteiger partial charge in [-0.15, -0.1) is 22.7 Å². The first kappa shape index (κ1) is 58.0. The van der Waals surface area contributed by atoms with Gasteiger partial charge in [0.2, 0.25) is 23.3 Å². The lowest BCUT2D eigenvalue weighted by Gasteiger charge is -2.54. The van der Waals surface area contributed by atoms with Crippen molar-refractivity contribution < 1.29 is 19.1 Å².